The first-order valence-electron chi connectivity index (χ1n) is 9.70. The summed E-state index contributed by atoms with van der Waals surface area (Å²) < 4.78 is 35.1. The van der Waals surface area contributed by atoms with Gasteiger partial charge in [0.05, 0.1) is 19.8 Å². The molecule has 1 unspecified atom stereocenters. The predicted octanol–water partition coefficient (Wildman–Crippen LogP) is 2.38. The van der Waals surface area contributed by atoms with Gasteiger partial charge in [-0.2, -0.15) is 0 Å². The van der Waals surface area contributed by atoms with Crippen molar-refractivity contribution in [3.05, 3.63) is 24.3 Å². The number of fused-ring (bicyclic) bond motifs is 1. The van der Waals surface area contributed by atoms with Crippen LogP contribution in [0.2, 0.25) is 0 Å². The van der Waals surface area contributed by atoms with Gasteiger partial charge in [0.1, 0.15) is 24.1 Å². The molecular formula is C20H28N2O6S. The molecular weight excluding hydrogens is 396 g/mol. The van der Waals surface area contributed by atoms with E-state index in [-0.39, 0.29) is 24.4 Å². The van der Waals surface area contributed by atoms with Crippen LogP contribution in [0.5, 0.6) is 5.75 Å². The van der Waals surface area contributed by atoms with E-state index in [9.17, 15) is 0 Å². The van der Waals surface area contributed by atoms with Gasteiger partial charge in [0, 0.05) is 5.69 Å². The SMILES string of the molecule is COc1ccc(NC(=S)N[C@H]2[C@H]3OC(C)(C)O[C@H]3O[C@@H]2C2COC(C)(C)O2)cc1. The highest BCUT2D eigenvalue weighted by molar-refractivity contribution is 7.80. The summed E-state index contributed by atoms with van der Waals surface area (Å²) in [4.78, 5) is 0. The number of benzene rings is 1. The largest absolute Gasteiger partial charge is 0.497 e. The van der Waals surface area contributed by atoms with E-state index >= 15 is 0 Å². The zero-order chi connectivity index (χ0) is 20.8. The van der Waals surface area contributed by atoms with Crippen LogP contribution < -0.4 is 15.4 Å². The van der Waals surface area contributed by atoms with Crippen LogP contribution >= 0.6 is 12.2 Å². The van der Waals surface area contributed by atoms with Crippen LogP contribution in [0.4, 0.5) is 5.69 Å². The number of ether oxygens (including phenoxy) is 6. The molecule has 3 aliphatic rings. The summed E-state index contributed by atoms with van der Waals surface area (Å²) in [6.45, 7) is 7.94. The lowest BCUT2D eigenvalue weighted by atomic mass is 10.0. The molecule has 160 valence electrons. The standard InChI is InChI=1S/C20H28N2O6S/c1-19(2)24-10-13(26-19)15-14(16-17(25-15)28-20(3,4)27-16)22-18(29)21-11-6-8-12(23-5)9-7-11/h6-9,13-17H,10H2,1-5H3,(H2,21,22,29)/t13?,14-,15-,16-,17-/m1/s1. The van der Waals surface area contributed by atoms with Crippen molar-refractivity contribution < 1.29 is 28.4 Å². The molecule has 0 spiro atoms. The molecule has 0 aromatic heterocycles. The number of nitrogens with one attached hydrogen (secondary N) is 2. The van der Waals surface area contributed by atoms with Gasteiger partial charge in [-0.05, 0) is 64.2 Å². The van der Waals surface area contributed by atoms with Gasteiger partial charge in [-0.25, -0.2) is 0 Å². The average molecular weight is 425 g/mol. The molecule has 3 fully saturated rings. The van der Waals surface area contributed by atoms with E-state index < -0.39 is 17.9 Å². The maximum atomic E-state index is 6.17. The number of rotatable bonds is 4. The van der Waals surface area contributed by atoms with Crippen molar-refractivity contribution in [3.8, 4) is 5.75 Å². The maximum absolute atomic E-state index is 6.17. The molecule has 29 heavy (non-hydrogen) atoms. The van der Waals surface area contributed by atoms with Crippen molar-refractivity contribution in [2.75, 3.05) is 19.0 Å². The van der Waals surface area contributed by atoms with E-state index in [1.165, 1.54) is 0 Å². The molecule has 3 saturated heterocycles. The second kappa shape index (κ2) is 7.64. The van der Waals surface area contributed by atoms with E-state index in [0.29, 0.717) is 11.7 Å². The normalized spacial score (nSPS) is 34.6. The highest BCUT2D eigenvalue weighted by Crippen LogP contribution is 2.40. The average Bonchev–Trinajstić information content (AvgIpc) is 3.26. The van der Waals surface area contributed by atoms with E-state index in [0.717, 1.165) is 11.4 Å². The molecule has 0 saturated carbocycles. The molecule has 1 aromatic rings. The first-order valence-corrected chi connectivity index (χ1v) is 10.1. The Morgan fingerprint density at radius 1 is 1.03 bits per heavy atom. The van der Waals surface area contributed by atoms with E-state index in [1.807, 2.05) is 52.0 Å². The van der Waals surface area contributed by atoms with Gasteiger partial charge in [-0.1, -0.05) is 0 Å². The van der Waals surface area contributed by atoms with Gasteiger partial charge < -0.3 is 39.1 Å². The van der Waals surface area contributed by atoms with Crippen LogP contribution in [0.15, 0.2) is 24.3 Å². The zero-order valence-corrected chi connectivity index (χ0v) is 18.1. The number of thiocarbonyl (C=S) groups is 1. The Hall–Kier alpha value is -1.49. The summed E-state index contributed by atoms with van der Waals surface area (Å²) in [5.41, 5.74) is 0.848. The van der Waals surface area contributed by atoms with Gasteiger partial charge in [-0.15, -0.1) is 0 Å². The molecule has 3 heterocycles. The molecule has 0 amide bonds. The Morgan fingerprint density at radius 3 is 2.38 bits per heavy atom. The van der Waals surface area contributed by atoms with Crippen molar-refractivity contribution in [3.63, 3.8) is 0 Å². The minimum atomic E-state index is -0.725. The smallest absolute Gasteiger partial charge is 0.189 e. The fraction of sp³-hybridized carbons (Fsp3) is 0.650. The lowest BCUT2D eigenvalue weighted by Crippen LogP contribution is -2.53. The molecule has 2 N–H and O–H groups in total. The molecule has 8 nitrogen and oxygen atoms in total. The highest BCUT2D eigenvalue weighted by Gasteiger charge is 2.58. The minimum Gasteiger partial charge on any atom is -0.497 e. The number of hydrogen-bond acceptors (Lipinski definition) is 7. The van der Waals surface area contributed by atoms with Crippen LogP contribution in [-0.2, 0) is 23.7 Å². The lowest BCUT2D eigenvalue weighted by molar-refractivity contribution is -0.223. The minimum absolute atomic E-state index is 0.257. The third-order valence-electron chi connectivity index (χ3n) is 5.13. The number of methoxy groups -OCH3 is 1. The molecule has 9 heteroatoms. The van der Waals surface area contributed by atoms with Gasteiger partial charge in [-0.3, -0.25) is 0 Å². The summed E-state index contributed by atoms with van der Waals surface area (Å²) in [6, 6.07) is 7.26. The number of hydrogen-bond donors (Lipinski definition) is 2. The zero-order valence-electron chi connectivity index (χ0n) is 17.3. The molecule has 4 rings (SSSR count). The van der Waals surface area contributed by atoms with Crippen LogP contribution in [0.1, 0.15) is 27.7 Å². The fourth-order valence-electron chi connectivity index (χ4n) is 3.89. The second-order valence-corrected chi connectivity index (χ2v) is 8.70. The van der Waals surface area contributed by atoms with E-state index in [4.69, 9.17) is 40.6 Å². The van der Waals surface area contributed by atoms with Crippen LogP contribution in [0.25, 0.3) is 0 Å². The molecule has 1 aromatic carbocycles. The number of anilines is 1. The Morgan fingerprint density at radius 2 is 1.76 bits per heavy atom. The van der Waals surface area contributed by atoms with Gasteiger partial charge in [0.25, 0.3) is 0 Å². The Labute approximate surface area is 176 Å². The Bertz CT molecular complexity index is 756. The molecule has 0 aliphatic carbocycles. The molecule has 0 bridgehead atoms. The summed E-state index contributed by atoms with van der Waals surface area (Å²) in [6.07, 6.45) is -1.41. The van der Waals surface area contributed by atoms with E-state index in [1.54, 1.807) is 7.11 Å². The van der Waals surface area contributed by atoms with Gasteiger partial charge in [0.2, 0.25) is 0 Å². The summed E-state index contributed by atoms with van der Waals surface area (Å²) in [5.74, 6) is -0.599. The monoisotopic (exact) mass is 424 g/mol. The van der Waals surface area contributed by atoms with Crippen molar-refractivity contribution in [1.29, 1.82) is 0 Å². The van der Waals surface area contributed by atoms with Gasteiger partial charge in [0.15, 0.2) is 23.0 Å². The highest BCUT2D eigenvalue weighted by atomic mass is 32.1. The fourth-order valence-corrected chi connectivity index (χ4v) is 4.14. The molecule has 5 atom stereocenters. The predicted molar refractivity (Wildman–Crippen MR) is 110 cm³/mol. The first kappa shape index (κ1) is 20.8. The third-order valence-corrected chi connectivity index (χ3v) is 5.35. The third kappa shape index (κ3) is 4.50. The van der Waals surface area contributed by atoms with Crippen molar-refractivity contribution in [1.82, 2.24) is 5.32 Å². The lowest BCUT2D eigenvalue weighted by Gasteiger charge is -2.30. The van der Waals surface area contributed by atoms with Crippen molar-refractivity contribution in [2.24, 2.45) is 0 Å². The summed E-state index contributed by atoms with van der Waals surface area (Å²) >= 11 is 5.55. The summed E-state index contributed by atoms with van der Waals surface area (Å²) in [5, 5.41) is 6.99. The molecule has 0 radical (unpaired) electrons. The molecule has 3 aliphatic heterocycles. The van der Waals surface area contributed by atoms with Crippen LogP contribution in [0.3, 0.4) is 0 Å². The van der Waals surface area contributed by atoms with E-state index in [2.05, 4.69) is 10.6 Å². The summed E-state index contributed by atoms with van der Waals surface area (Å²) in [7, 11) is 1.63. The van der Waals surface area contributed by atoms with Crippen molar-refractivity contribution >= 4 is 23.0 Å². The van der Waals surface area contributed by atoms with Crippen LogP contribution in [0, 0.1) is 0 Å². The Kier molecular flexibility index (Phi) is 5.47. The van der Waals surface area contributed by atoms with Gasteiger partial charge >= 0.3 is 0 Å². The Balaban J connectivity index is 1.47. The maximum Gasteiger partial charge on any atom is 0.189 e. The topological polar surface area (TPSA) is 79.4 Å². The second-order valence-electron chi connectivity index (χ2n) is 8.29. The van der Waals surface area contributed by atoms with Crippen molar-refractivity contribution in [2.45, 2.75) is 69.9 Å². The van der Waals surface area contributed by atoms with Crippen LogP contribution in [-0.4, -0.2) is 61.0 Å². The quantitative estimate of drug-likeness (QED) is 0.708. The first-order chi connectivity index (χ1) is 13.7.